The van der Waals surface area contributed by atoms with Crippen molar-refractivity contribution in [2.24, 2.45) is 28.9 Å². The van der Waals surface area contributed by atoms with Gasteiger partial charge in [-0.3, -0.25) is 19.2 Å². The number of nitrogens with two attached hydrogens (primary N) is 4. The molecule has 0 aromatic heterocycles. The molecule has 0 aromatic rings. The first-order valence-electron chi connectivity index (χ1n) is 6.97. The van der Waals surface area contributed by atoms with E-state index >= 15 is 0 Å². The van der Waals surface area contributed by atoms with E-state index in [1.807, 2.05) is 0 Å². The van der Waals surface area contributed by atoms with E-state index in [0.29, 0.717) is 0 Å². The maximum absolute atomic E-state index is 10.1. The standard InChI is InChI=1S/C5H10N2O3.C5H11NO2.C3H7NO2/c6-3(5(9)10)1-2-4(7)8;1-3(2)4(6)5(7)8;1-2(4)3(5)6/h3H,1-2,6H2,(H2,7,8)(H,9,10);3-4H,6H2,1-2H3,(H,7,8);2H,4H2,1H3,(H,5,6)/t3-;4-;2-/m000/s1. The van der Waals surface area contributed by atoms with Gasteiger partial charge in [-0.05, 0) is 19.3 Å². The van der Waals surface area contributed by atoms with Crippen LogP contribution in [0.15, 0.2) is 0 Å². The second-order valence-corrected chi connectivity index (χ2v) is 5.18. The average molecular weight is 352 g/mol. The maximum Gasteiger partial charge on any atom is 0.320 e. The number of carboxylic acid groups (broad SMARTS) is 3. The topological polar surface area (TPSA) is 233 Å². The smallest absolute Gasteiger partial charge is 0.320 e. The van der Waals surface area contributed by atoms with Gasteiger partial charge in [0.2, 0.25) is 5.91 Å². The molecular weight excluding hydrogens is 324 g/mol. The Balaban J connectivity index is -0.000000285. The number of hydrogen-bond acceptors (Lipinski definition) is 7. The highest BCUT2D eigenvalue weighted by molar-refractivity contribution is 5.77. The van der Waals surface area contributed by atoms with Gasteiger partial charge in [0.1, 0.15) is 18.1 Å². The zero-order chi connectivity index (χ0) is 20.0. The molecule has 0 aromatic carbocycles. The van der Waals surface area contributed by atoms with Gasteiger partial charge >= 0.3 is 17.9 Å². The Hall–Kier alpha value is -2.24. The van der Waals surface area contributed by atoms with E-state index in [2.05, 4.69) is 0 Å². The summed E-state index contributed by atoms with van der Waals surface area (Å²) in [5.41, 5.74) is 19.8. The molecule has 11 N–H and O–H groups in total. The van der Waals surface area contributed by atoms with E-state index in [1.165, 1.54) is 6.92 Å². The number of carbonyl (C=O) groups excluding carboxylic acids is 1. The van der Waals surface area contributed by atoms with Crippen molar-refractivity contribution in [3.05, 3.63) is 0 Å². The summed E-state index contributed by atoms with van der Waals surface area (Å²) in [4.78, 5) is 39.7. The number of amides is 1. The quantitative estimate of drug-likeness (QED) is 0.269. The lowest BCUT2D eigenvalue weighted by molar-refractivity contribution is -0.140. The molecule has 0 fully saturated rings. The largest absolute Gasteiger partial charge is 0.480 e. The molecule has 0 saturated carbocycles. The van der Waals surface area contributed by atoms with E-state index in [4.69, 9.17) is 38.3 Å². The summed E-state index contributed by atoms with van der Waals surface area (Å²) in [5.74, 6) is -3.51. The van der Waals surface area contributed by atoms with E-state index in [0.717, 1.165) is 0 Å². The van der Waals surface area contributed by atoms with Gasteiger partial charge in [0.05, 0.1) is 0 Å². The van der Waals surface area contributed by atoms with Crippen LogP contribution in [-0.4, -0.2) is 57.3 Å². The summed E-state index contributed by atoms with van der Waals surface area (Å²) in [6.45, 7) is 4.97. The molecular formula is C13H28N4O7. The van der Waals surface area contributed by atoms with Gasteiger partial charge in [0.25, 0.3) is 0 Å². The third-order valence-electron chi connectivity index (χ3n) is 2.41. The minimum Gasteiger partial charge on any atom is -0.480 e. The van der Waals surface area contributed by atoms with E-state index in [9.17, 15) is 19.2 Å². The lowest BCUT2D eigenvalue weighted by atomic mass is 10.1. The fraction of sp³-hybridized carbons (Fsp3) is 0.692. The van der Waals surface area contributed by atoms with Crippen molar-refractivity contribution in [2.45, 2.75) is 51.7 Å². The molecule has 0 aliphatic carbocycles. The third-order valence-corrected chi connectivity index (χ3v) is 2.41. The van der Waals surface area contributed by atoms with Gasteiger partial charge in [-0.1, -0.05) is 13.8 Å². The van der Waals surface area contributed by atoms with Crippen LogP contribution in [0.1, 0.15) is 33.6 Å². The normalized spacial score (nSPS) is 13.3. The van der Waals surface area contributed by atoms with Crippen molar-refractivity contribution in [2.75, 3.05) is 0 Å². The summed E-state index contributed by atoms with van der Waals surface area (Å²) < 4.78 is 0. The molecule has 3 atom stereocenters. The highest BCUT2D eigenvalue weighted by Crippen LogP contribution is 1.96. The van der Waals surface area contributed by atoms with Crippen molar-refractivity contribution in [3.63, 3.8) is 0 Å². The molecule has 0 aliphatic rings. The molecule has 24 heavy (non-hydrogen) atoms. The van der Waals surface area contributed by atoms with Crippen molar-refractivity contribution in [1.82, 2.24) is 0 Å². The molecule has 11 heteroatoms. The van der Waals surface area contributed by atoms with E-state index in [-0.39, 0.29) is 18.8 Å². The van der Waals surface area contributed by atoms with Crippen LogP contribution in [0, 0.1) is 5.92 Å². The van der Waals surface area contributed by atoms with Gasteiger partial charge in [0.15, 0.2) is 0 Å². The van der Waals surface area contributed by atoms with Crippen molar-refractivity contribution in [3.8, 4) is 0 Å². The van der Waals surface area contributed by atoms with E-state index < -0.39 is 41.9 Å². The van der Waals surface area contributed by atoms with Crippen LogP contribution < -0.4 is 22.9 Å². The van der Waals surface area contributed by atoms with Crippen LogP contribution in [0.4, 0.5) is 0 Å². The molecule has 1 amide bonds. The van der Waals surface area contributed by atoms with Crippen molar-refractivity contribution in [1.29, 1.82) is 0 Å². The number of aliphatic carboxylic acids is 3. The maximum atomic E-state index is 10.1. The van der Waals surface area contributed by atoms with Gasteiger partial charge in [0, 0.05) is 6.42 Å². The molecule has 0 rings (SSSR count). The van der Waals surface area contributed by atoms with Crippen LogP contribution in [0.2, 0.25) is 0 Å². The molecule has 0 bridgehead atoms. The average Bonchev–Trinajstić information content (AvgIpc) is 2.44. The third kappa shape index (κ3) is 19.8. The van der Waals surface area contributed by atoms with Crippen LogP contribution in [0.25, 0.3) is 0 Å². The lowest BCUT2D eigenvalue weighted by Gasteiger charge is -2.07. The van der Waals surface area contributed by atoms with Crippen molar-refractivity contribution < 1.29 is 34.5 Å². The van der Waals surface area contributed by atoms with E-state index in [1.54, 1.807) is 13.8 Å². The Kier molecular flexibility index (Phi) is 15.9. The minimum atomic E-state index is -1.11. The fourth-order valence-corrected chi connectivity index (χ4v) is 0.706. The predicted octanol–water partition coefficient (Wildman–Crippen LogP) is -1.86. The molecule has 0 unspecified atom stereocenters. The summed E-state index contributed by atoms with van der Waals surface area (Å²) in [6.07, 6.45) is 0.123. The molecule has 0 spiro atoms. The fourth-order valence-electron chi connectivity index (χ4n) is 0.706. The molecule has 0 radical (unpaired) electrons. The Morgan fingerprint density at radius 1 is 0.833 bits per heavy atom. The first kappa shape index (κ1) is 26.6. The summed E-state index contributed by atoms with van der Waals surface area (Å²) in [6, 6.07) is -2.42. The monoisotopic (exact) mass is 352 g/mol. The number of carboxylic acids is 3. The Morgan fingerprint density at radius 3 is 1.33 bits per heavy atom. The Morgan fingerprint density at radius 2 is 1.21 bits per heavy atom. The number of primary amides is 1. The highest BCUT2D eigenvalue weighted by Gasteiger charge is 2.14. The number of carbonyl (C=O) groups is 4. The highest BCUT2D eigenvalue weighted by atomic mass is 16.4. The van der Waals surface area contributed by atoms with Crippen LogP contribution in [0.3, 0.4) is 0 Å². The molecule has 0 saturated heterocycles. The summed E-state index contributed by atoms with van der Waals surface area (Å²) in [5, 5.41) is 24.3. The zero-order valence-electron chi connectivity index (χ0n) is 14.0. The Bertz CT molecular complexity index is 413. The minimum absolute atomic E-state index is 0.0208. The van der Waals surface area contributed by atoms with Crippen LogP contribution >= 0.6 is 0 Å². The first-order valence-corrected chi connectivity index (χ1v) is 6.97. The lowest BCUT2D eigenvalue weighted by Crippen LogP contribution is -2.34. The second-order valence-electron chi connectivity index (χ2n) is 5.18. The first-order chi connectivity index (χ1) is 10.7. The van der Waals surface area contributed by atoms with Crippen LogP contribution in [0.5, 0.6) is 0 Å². The van der Waals surface area contributed by atoms with Gasteiger partial charge in [-0.15, -0.1) is 0 Å². The van der Waals surface area contributed by atoms with Crippen molar-refractivity contribution >= 4 is 23.8 Å². The molecule has 142 valence electrons. The summed E-state index contributed by atoms with van der Waals surface area (Å²) in [7, 11) is 0. The summed E-state index contributed by atoms with van der Waals surface area (Å²) >= 11 is 0. The second kappa shape index (κ2) is 14.4. The van der Waals surface area contributed by atoms with Crippen LogP contribution in [-0.2, 0) is 19.2 Å². The molecule has 0 heterocycles. The number of hydrogen-bond donors (Lipinski definition) is 7. The molecule has 0 aliphatic heterocycles. The SMILES string of the molecule is CC(C)[C@H](N)C(=O)O.C[C@H](N)C(=O)O.NC(=O)CC[C@H](N)C(=O)O. The zero-order valence-corrected chi connectivity index (χ0v) is 14.0. The van der Waals surface area contributed by atoms with Gasteiger partial charge in [-0.25, -0.2) is 0 Å². The van der Waals surface area contributed by atoms with Gasteiger partial charge in [-0.2, -0.15) is 0 Å². The Labute approximate surface area is 140 Å². The predicted molar refractivity (Wildman–Crippen MR) is 85.8 cm³/mol. The van der Waals surface area contributed by atoms with Gasteiger partial charge < -0.3 is 38.3 Å². The number of rotatable bonds is 7. The molecule has 11 nitrogen and oxygen atoms in total.